The van der Waals surface area contributed by atoms with E-state index in [0.29, 0.717) is 0 Å². The Balaban J connectivity index is 0.000000187. The molecule has 4 heteroatoms. The summed E-state index contributed by atoms with van der Waals surface area (Å²) in [6.07, 6.45) is 21.9. The zero-order valence-corrected chi connectivity index (χ0v) is 30.5. The number of halogens is 2. The van der Waals surface area contributed by atoms with Gasteiger partial charge in [-0.15, -0.1) is 11.8 Å². The minimum absolute atomic E-state index is 0.779. The number of rotatable bonds is 8. The van der Waals surface area contributed by atoms with Gasteiger partial charge in [-0.1, -0.05) is 137 Å². The van der Waals surface area contributed by atoms with Crippen molar-refractivity contribution < 1.29 is 31.2 Å². The number of unbranched alkanes of at least 4 members (excludes halogenated alkanes) is 2. The van der Waals surface area contributed by atoms with Crippen LogP contribution in [0.15, 0.2) is 48.5 Å². The summed E-state index contributed by atoms with van der Waals surface area (Å²) in [4.78, 5) is 0. The summed E-state index contributed by atoms with van der Waals surface area (Å²) in [7, 11) is 0. The molecule has 0 nitrogen and oxygen atoms in total. The SMILES string of the molecule is CCCCc1ccccc1[C@H]1[CH-][C@@H]2CC[C@H]1C2.CCCCc1ccccc1[C@H]1[CH-][C@@H]2CC[C@H]1C2.[Pd+][I].[Pd+][I]. The molecule has 0 saturated heterocycles. The standard InChI is InChI=1S/2C17H23.2HI.2Pd/c2*1-2-3-6-14-7-4-5-8-16(14)17-12-13-9-10-15(17)11-13;;;;/h2*4-5,7-8,12-13,15,17H,2-3,6,9-11H2,1H3;2*1H;;/q2*-1;;;2*+2/p-2/t2*13-,15+,17+;;;;/m11..../s1. The van der Waals surface area contributed by atoms with E-state index in [2.05, 4.69) is 106 Å². The van der Waals surface area contributed by atoms with Gasteiger partial charge in [-0.3, -0.25) is 0 Å². The minimum atomic E-state index is 0.779. The van der Waals surface area contributed by atoms with E-state index in [1.54, 1.807) is 22.3 Å². The Labute approximate surface area is 277 Å². The molecule has 4 aliphatic rings. The van der Waals surface area contributed by atoms with Crippen LogP contribution < -0.4 is 0 Å². The van der Waals surface area contributed by atoms with Gasteiger partial charge in [-0.05, 0) is 36.8 Å². The van der Waals surface area contributed by atoms with E-state index in [1.807, 2.05) is 39.0 Å². The summed E-state index contributed by atoms with van der Waals surface area (Å²) in [5.74, 6) is 5.35. The summed E-state index contributed by atoms with van der Waals surface area (Å²) < 4.78 is 0. The van der Waals surface area contributed by atoms with Gasteiger partial charge in [0.15, 0.2) is 0 Å². The maximum absolute atomic E-state index is 2.72. The summed E-state index contributed by atoms with van der Waals surface area (Å²) in [6, 6.07) is 18.3. The van der Waals surface area contributed by atoms with Gasteiger partial charge in [0, 0.05) is 0 Å². The molecule has 0 aliphatic heterocycles. The van der Waals surface area contributed by atoms with Crippen LogP contribution >= 0.6 is 39.0 Å². The quantitative estimate of drug-likeness (QED) is 0.141. The number of fused-ring (bicyclic) bond motifs is 4. The molecule has 2 aromatic carbocycles. The number of aryl methyl sites for hydroxylation is 2. The molecule has 0 radical (unpaired) electrons. The van der Waals surface area contributed by atoms with E-state index in [9.17, 15) is 0 Å². The molecule has 0 amide bonds. The Bertz CT molecular complexity index is 857. The van der Waals surface area contributed by atoms with Gasteiger partial charge < -0.3 is 12.8 Å². The third-order valence-electron chi connectivity index (χ3n) is 9.43. The van der Waals surface area contributed by atoms with Crippen LogP contribution in [0.4, 0.5) is 0 Å². The molecule has 6 rings (SSSR count). The molecular formula is C34H46I2Pd2. The first-order valence-electron chi connectivity index (χ1n) is 14.9. The van der Waals surface area contributed by atoms with E-state index < -0.39 is 0 Å². The number of hydrogen-bond acceptors (Lipinski definition) is 0. The Morgan fingerprint density at radius 2 is 1.03 bits per heavy atom. The van der Waals surface area contributed by atoms with Crippen LogP contribution in [-0.4, -0.2) is 0 Å². The maximum atomic E-state index is 2.72. The van der Waals surface area contributed by atoms with Crippen LogP contribution in [0.1, 0.15) is 112 Å². The first kappa shape index (κ1) is 33.7. The third kappa shape index (κ3) is 9.11. The van der Waals surface area contributed by atoms with Gasteiger partial charge in [-0.2, -0.15) is 11.8 Å². The topological polar surface area (TPSA) is 0 Å². The Morgan fingerprint density at radius 1 is 0.632 bits per heavy atom. The van der Waals surface area contributed by atoms with Crippen molar-refractivity contribution in [2.75, 3.05) is 0 Å². The van der Waals surface area contributed by atoms with Crippen molar-refractivity contribution in [1.29, 1.82) is 0 Å². The molecule has 4 saturated carbocycles. The first-order chi connectivity index (χ1) is 18.8. The summed E-state index contributed by atoms with van der Waals surface area (Å²) in [6.45, 7) is 4.57. The second-order valence-electron chi connectivity index (χ2n) is 11.7. The zero-order chi connectivity index (χ0) is 27.3. The zero-order valence-electron chi connectivity index (χ0n) is 23.1. The molecule has 216 valence electrons. The second-order valence-corrected chi connectivity index (χ2v) is 11.7. The summed E-state index contributed by atoms with van der Waals surface area (Å²) >= 11 is 9.44. The van der Waals surface area contributed by atoms with Gasteiger partial charge in [0.2, 0.25) is 0 Å². The summed E-state index contributed by atoms with van der Waals surface area (Å²) in [5, 5.41) is 0. The monoisotopic (exact) mass is 920 g/mol. The van der Waals surface area contributed by atoms with Crippen LogP contribution in [0.5, 0.6) is 0 Å². The third-order valence-corrected chi connectivity index (χ3v) is 9.43. The van der Waals surface area contributed by atoms with Crippen molar-refractivity contribution >= 4 is 39.0 Å². The predicted molar refractivity (Wildman–Crippen MR) is 174 cm³/mol. The Kier molecular flexibility index (Phi) is 16.6. The second kappa shape index (κ2) is 18.7. The van der Waals surface area contributed by atoms with Crippen molar-refractivity contribution in [2.45, 2.75) is 103 Å². The fraction of sp³-hybridized carbons (Fsp3) is 0.588. The summed E-state index contributed by atoms with van der Waals surface area (Å²) in [5.41, 5.74) is 6.52. The molecule has 0 heterocycles. The molecule has 4 fully saturated rings. The molecule has 0 unspecified atom stereocenters. The van der Waals surface area contributed by atoms with Crippen molar-refractivity contribution in [3.8, 4) is 0 Å². The van der Waals surface area contributed by atoms with E-state index in [4.69, 9.17) is 0 Å². The van der Waals surface area contributed by atoms with Crippen LogP contribution in [0.25, 0.3) is 0 Å². The fourth-order valence-electron chi connectivity index (χ4n) is 7.63. The van der Waals surface area contributed by atoms with Crippen LogP contribution in [0.3, 0.4) is 0 Å². The molecule has 4 bridgehead atoms. The van der Waals surface area contributed by atoms with Gasteiger partial charge in [0.1, 0.15) is 0 Å². The predicted octanol–water partition coefficient (Wildman–Crippen LogP) is 11.3. The van der Waals surface area contributed by atoms with Crippen molar-refractivity contribution in [3.63, 3.8) is 0 Å². The average Bonchev–Trinajstić information content (AvgIpc) is 3.81. The van der Waals surface area contributed by atoms with E-state index in [0.717, 1.165) is 35.5 Å². The van der Waals surface area contributed by atoms with Gasteiger partial charge >= 0.3 is 70.2 Å². The normalized spacial score (nSPS) is 28.1. The van der Waals surface area contributed by atoms with Crippen LogP contribution in [0.2, 0.25) is 0 Å². The van der Waals surface area contributed by atoms with Crippen LogP contribution in [0, 0.1) is 36.5 Å². The fourth-order valence-corrected chi connectivity index (χ4v) is 7.63. The Morgan fingerprint density at radius 3 is 1.34 bits per heavy atom. The van der Waals surface area contributed by atoms with Crippen molar-refractivity contribution in [3.05, 3.63) is 83.6 Å². The molecule has 2 aromatic rings. The van der Waals surface area contributed by atoms with Crippen molar-refractivity contribution in [2.24, 2.45) is 23.7 Å². The van der Waals surface area contributed by atoms with E-state index in [-0.39, 0.29) is 0 Å². The number of hydrogen-bond donors (Lipinski definition) is 0. The molecule has 4 aliphatic carbocycles. The number of benzene rings is 2. The van der Waals surface area contributed by atoms with E-state index >= 15 is 0 Å². The van der Waals surface area contributed by atoms with Crippen molar-refractivity contribution in [1.82, 2.24) is 0 Å². The van der Waals surface area contributed by atoms with Gasteiger partial charge in [-0.25, -0.2) is 0 Å². The average molecular weight is 921 g/mol. The Hall–Kier alpha value is 1.22. The van der Waals surface area contributed by atoms with Gasteiger partial charge in [0.25, 0.3) is 0 Å². The van der Waals surface area contributed by atoms with Gasteiger partial charge in [0.05, 0.1) is 0 Å². The first-order valence-corrected chi connectivity index (χ1v) is 24.1. The molecule has 0 spiro atoms. The molecule has 38 heavy (non-hydrogen) atoms. The molecule has 6 atom stereocenters. The van der Waals surface area contributed by atoms with Crippen LogP contribution in [-0.2, 0) is 44.0 Å². The molecule has 0 aromatic heterocycles. The molecular weight excluding hydrogens is 875 g/mol. The molecule has 0 N–H and O–H groups in total. The van der Waals surface area contributed by atoms with E-state index in [1.165, 1.54) is 77.0 Å².